The van der Waals surface area contributed by atoms with Crippen molar-refractivity contribution in [3.05, 3.63) is 74.3 Å². The topological polar surface area (TPSA) is 84.2 Å². The molecule has 6 nitrogen and oxygen atoms in total. The Morgan fingerprint density at radius 1 is 1.20 bits per heavy atom. The predicted molar refractivity (Wildman–Crippen MR) is 119 cm³/mol. The van der Waals surface area contributed by atoms with Crippen molar-refractivity contribution in [3.63, 3.8) is 0 Å². The summed E-state index contributed by atoms with van der Waals surface area (Å²) in [5, 5.41) is 16.7. The number of anilines is 1. The van der Waals surface area contributed by atoms with Crippen molar-refractivity contribution in [2.45, 2.75) is 19.4 Å². The zero-order chi connectivity index (χ0) is 20.8. The Bertz CT molecular complexity index is 1360. The Hall–Kier alpha value is -3.16. The highest BCUT2D eigenvalue weighted by Gasteiger charge is 2.25. The molecule has 8 heteroatoms. The Kier molecular flexibility index (Phi) is 4.56. The highest BCUT2D eigenvalue weighted by molar-refractivity contribution is 7.14. The van der Waals surface area contributed by atoms with E-state index in [-0.39, 0.29) is 11.3 Å². The van der Waals surface area contributed by atoms with E-state index in [2.05, 4.69) is 10.3 Å². The lowest BCUT2D eigenvalue weighted by molar-refractivity contribution is 0.102. The van der Waals surface area contributed by atoms with E-state index in [4.69, 9.17) is 11.6 Å². The molecule has 2 aromatic heterocycles. The third-order valence-corrected chi connectivity index (χ3v) is 6.27. The van der Waals surface area contributed by atoms with Gasteiger partial charge in [0.05, 0.1) is 11.2 Å². The molecule has 30 heavy (non-hydrogen) atoms. The Balaban J connectivity index is 1.52. The first-order chi connectivity index (χ1) is 14.5. The molecule has 0 saturated carbocycles. The third kappa shape index (κ3) is 3.07. The van der Waals surface area contributed by atoms with Crippen LogP contribution in [0.2, 0.25) is 5.02 Å². The second-order valence-electron chi connectivity index (χ2n) is 7.10. The average Bonchev–Trinajstić information content (AvgIpc) is 3.21. The van der Waals surface area contributed by atoms with Gasteiger partial charge in [0, 0.05) is 27.9 Å². The van der Waals surface area contributed by atoms with Crippen molar-refractivity contribution in [2.75, 3.05) is 5.32 Å². The normalized spacial score (nSPS) is 12.8. The fraction of sp³-hybridized carbons (Fsp3) is 0.136. The summed E-state index contributed by atoms with van der Waals surface area (Å²) in [5.74, 6) is -0.960. The Labute approximate surface area is 180 Å². The first-order valence-electron chi connectivity index (χ1n) is 9.43. The fourth-order valence-electron chi connectivity index (χ4n) is 3.87. The summed E-state index contributed by atoms with van der Waals surface area (Å²) in [5.41, 5.74) is 2.52. The van der Waals surface area contributed by atoms with Gasteiger partial charge < -0.3 is 9.67 Å². The molecule has 150 valence electrons. The van der Waals surface area contributed by atoms with Gasteiger partial charge in [0.25, 0.3) is 11.5 Å². The van der Waals surface area contributed by atoms with Crippen molar-refractivity contribution in [1.82, 2.24) is 9.55 Å². The molecule has 0 spiro atoms. The predicted octanol–water partition coefficient (Wildman–Crippen LogP) is 4.68. The van der Waals surface area contributed by atoms with Crippen LogP contribution in [0.4, 0.5) is 5.13 Å². The minimum Gasteiger partial charge on any atom is -0.506 e. The lowest BCUT2D eigenvalue weighted by Crippen LogP contribution is -2.31. The maximum atomic E-state index is 13.0. The van der Waals surface area contributed by atoms with Gasteiger partial charge >= 0.3 is 0 Å². The molecular weight excluding hydrogens is 422 g/mol. The van der Waals surface area contributed by atoms with E-state index in [9.17, 15) is 14.7 Å². The highest BCUT2D eigenvalue weighted by Crippen LogP contribution is 2.32. The SMILES string of the molecule is O=C(Nc1nc(-c2ccc(Cl)cc2)cs1)c1c(O)c2cccc3c2n(c1=O)CCC3. The number of aromatic hydroxyl groups is 1. The summed E-state index contributed by atoms with van der Waals surface area (Å²) in [6.45, 7) is 0.519. The molecule has 1 aliphatic heterocycles. The van der Waals surface area contributed by atoms with E-state index in [0.29, 0.717) is 33.3 Å². The number of para-hydroxylation sites is 1. The zero-order valence-electron chi connectivity index (χ0n) is 15.7. The van der Waals surface area contributed by atoms with Crippen LogP contribution in [0.25, 0.3) is 22.2 Å². The number of rotatable bonds is 3. The van der Waals surface area contributed by atoms with E-state index in [1.165, 1.54) is 11.3 Å². The van der Waals surface area contributed by atoms with Crippen LogP contribution >= 0.6 is 22.9 Å². The van der Waals surface area contributed by atoms with Crippen molar-refractivity contribution < 1.29 is 9.90 Å². The Morgan fingerprint density at radius 3 is 2.80 bits per heavy atom. The van der Waals surface area contributed by atoms with Crippen LogP contribution in [0.1, 0.15) is 22.3 Å². The number of benzene rings is 2. The number of nitrogens with one attached hydrogen (secondary N) is 1. The molecule has 0 saturated heterocycles. The largest absolute Gasteiger partial charge is 0.506 e. The summed E-state index contributed by atoms with van der Waals surface area (Å²) < 4.78 is 1.59. The highest BCUT2D eigenvalue weighted by atomic mass is 35.5. The monoisotopic (exact) mass is 437 g/mol. The number of thiazole rings is 1. The van der Waals surface area contributed by atoms with Gasteiger partial charge in [-0.1, -0.05) is 35.9 Å². The van der Waals surface area contributed by atoms with Gasteiger partial charge in [-0.25, -0.2) is 4.98 Å². The van der Waals surface area contributed by atoms with Gasteiger partial charge in [-0.3, -0.25) is 14.9 Å². The van der Waals surface area contributed by atoms with Crippen LogP contribution in [0.3, 0.4) is 0 Å². The molecule has 0 unspecified atom stereocenters. The maximum absolute atomic E-state index is 13.0. The molecule has 0 bridgehead atoms. The first kappa shape index (κ1) is 18.8. The van der Waals surface area contributed by atoms with E-state index in [1.807, 2.05) is 29.6 Å². The Morgan fingerprint density at radius 2 is 2.00 bits per heavy atom. The fourth-order valence-corrected chi connectivity index (χ4v) is 4.71. The summed E-state index contributed by atoms with van der Waals surface area (Å²) >= 11 is 7.16. The molecule has 1 aliphatic rings. The summed E-state index contributed by atoms with van der Waals surface area (Å²) in [6, 6.07) is 12.7. The number of halogens is 1. The third-order valence-electron chi connectivity index (χ3n) is 5.26. The van der Waals surface area contributed by atoms with Crippen molar-refractivity contribution in [2.24, 2.45) is 0 Å². The molecule has 4 aromatic rings. The van der Waals surface area contributed by atoms with E-state index >= 15 is 0 Å². The summed E-state index contributed by atoms with van der Waals surface area (Å²) in [4.78, 5) is 30.4. The lowest BCUT2D eigenvalue weighted by atomic mass is 9.99. The lowest BCUT2D eigenvalue weighted by Gasteiger charge is -2.21. The second kappa shape index (κ2) is 7.27. The molecule has 2 aromatic carbocycles. The number of aryl methyl sites for hydroxylation is 2. The smallest absolute Gasteiger partial charge is 0.267 e. The first-order valence-corrected chi connectivity index (χ1v) is 10.7. The molecule has 5 rings (SSSR count). The molecular formula is C22H16ClN3O3S. The quantitative estimate of drug-likeness (QED) is 0.487. The molecule has 3 heterocycles. The van der Waals surface area contributed by atoms with Crippen LogP contribution in [-0.2, 0) is 13.0 Å². The number of hydrogen-bond donors (Lipinski definition) is 2. The molecule has 0 atom stereocenters. The number of aromatic nitrogens is 2. The summed E-state index contributed by atoms with van der Waals surface area (Å²) in [6.07, 6.45) is 1.66. The number of carbonyl (C=O) groups is 1. The van der Waals surface area contributed by atoms with Gasteiger partial charge in [-0.05, 0) is 36.6 Å². The van der Waals surface area contributed by atoms with Crippen LogP contribution in [0.5, 0.6) is 5.75 Å². The van der Waals surface area contributed by atoms with Crippen molar-refractivity contribution in [1.29, 1.82) is 0 Å². The van der Waals surface area contributed by atoms with Gasteiger partial charge in [-0.15, -0.1) is 11.3 Å². The molecule has 0 radical (unpaired) electrons. The minimum absolute atomic E-state index is 0.259. The van der Waals surface area contributed by atoms with Gasteiger partial charge in [0.15, 0.2) is 5.13 Å². The minimum atomic E-state index is -0.670. The van der Waals surface area contributed by atoms with Crippen molar-refractivity contribution >= 4 is 44.9 Å². The zero-order valence-corrected chi connectivity index (χ0v) is 17.3. The van der Waals surface area contributed by atoms with Crippen LogP contribution in [0, 0.1) is 0 Å². The van der Waals surface area contributed by atoms with Crippen LogP contribution < -0.4 is 10.9 Å². The number of carbonyl (C=O) groups excluding carboxylic acids is 1. The standard InChI is InChI=1S/C22H16ClN3O3S/c23-14-8-6-12(7-9-14)16-11-30-22(24-16)25-20(28)17-19(27)15-5-1-3-13-4-2-10-26(18(13)15)21(17)29/h1,3,5-9,11,27H,2,4,10H2,(H,24,25,28). The number of nitrogens with zero attached hydrogens (tertiary/aromatic N) is 2. The number of hydrogen-bond acceptors (Lipinski definition) is 5. The van der Waals surface area contributed by atoms with Crippen molar-refractivity contribution in [3.8, 4) is 17.0 Å². The molecule has 0 fully saturated rings. The van der Waals surface area contributed by atoms with E-state index in [1.54, 1.807) is 22.8 Å². The van der Waals surface area contributed by atoms with Gasteiger partial charge in [0.1, 0.15) is 11.3 Å². The van der Waals surface area contributed by atoms with E-state index < -0.39 is 11.5 Å². The van der Waals surface area contributed by atoms with Crippen LogP contribution in [-0.4, -0.2) is 20.6 Å². The second-order valence-corrected chi connectivity index (χ2v) is 8.39. The number of pyridine rings is 1. The average molecular weight is 438 g/mol. The molecule has 1 amide bonds. The van der Waals surface area contributed by atoms with Gasteiger partial charge in [0.2, 0.25) is 0 Å². The molecule has 0 aliphatic carbocycles. The number of amides is 1. The maximum Gasteiger partial charge on any atom is 0.267 e. The molecule has 2 N–H and O–H groups in total. The van der Waals surface area contributed by atoms with E-state index in [0.717, 1.165) is 24.0 Å². The summed E-state index contributed by atoms with van der Waals surface area (Å²) in [7, 11) is 0. The van der Waals surface area contributed by atoms with Gasteiger partial charge in [-0.2, -0.15) is 0 Å². The van der Waals surface area contributed by atoms with Crippen LogP contribution in [0.15, 0.2) is 52.6 Å².